The minimum atomic E-state index is -0.809. The van der Waals surface area contributed by atoms with Gasteiger partial charge in [0.1, 0.15) is 12.3 Å². The first-order valence-electron chi connectivity index (χ1n) is 8.78. The van der Waals surface area contributed by atoms with Crippen LogP contribution in [0.5, 0.6) is 0 Å². The Morgan fingerprint density at radius 3 is 2.93 bits per heavy atom. The van der Waals surface area contributed by atoms with E-state index >= 15 is 0 Å². The lowest BCUT2D eigenvalue weighted by Crippen LogP contribution is -2.43. The molecular weight excluding hydrogens is 382 g/mol. The molecule has 1 N–H and O–H groups in total. The number of amides is 2. The van der Waals surface area contributed by atoms with Crippen LogP contribution in [0.4, 0.5) is 0 Å². The highest BCUT2D eigenvalue weighted by Crippen LogP contribution is 2.25. The Balaban J connectivity index is 1.48. The molecule has 0 aliphatic carbocycles. The van der Waals surface area contributed by atoms with Crippen molar-refractivity contribution in [1.29, 1.82) is 0 Å². The van der Waals surface area contributed by atoms with Gasteiger partial charge in [-0.15, -0.1) is 0 Å². The Labute approximate surface area is 161 Å². The van der Waals surface area contributed by atoms with Gasteiger partial charge in [0, 0.05) is 6.42 Å². The Morgan fingerprint density at radius 2 is 2.14 bits per heavy atom. The summed E-state index contributed by atoms with van der Waals surface area (Å²) in [6, 6.07) is 4.31. The minimum absolute atomic E-state index is 0.154. The molecule has 1 aromatic carbocycles. The first kappa shape index (κ1) is 17.1. The summed E-state index contributed by atoms with van der Waals surface area (Å²) in [5, 5.41) is 6.08. The highest BCUT2D eigenvalue weighted by atomic mass is 16.5. The molecule has 0 spiro atoms. The molecule has 1 fully saturated rings. The van der Waals surface area contributed by atoms with Crippen molar-refractivity contribution in [2.75, 3.05) is 0 Å². The van der Waals surface area contributed by atoms with E-state index in [1.165, 1.54) is 17.0 Å². The fourth-order valence-corrected chi connectivity index (χ4v) is 3.33. The van der Waals surface area contributed by atoms with Crippen LogP contribution in [-0.2, 0) is 16.0 Å². The molecule has 1 saturated heterocycles. The second kappa shape index (κ2) is 6.55. The smallest absolute Gasteiger partial charge is 0.420 e. The number of oxazole rings is 2. The minimum Gasteiger partial charge on any atom is -0.442 e. The maximum Gasteiger partial charge on any atom is 0.420 e. The number of hydrogen-bond donors (Lipinski definition) is 1. The molecule has 4 aromatic rings. The summed E-state index contributed by atoms with van der Waals surface area (Å²) in [6.45, 7) is 0. The van der Waals surface area contributed by atoms with Crippen molar-refractivity contribution in [3.63, 3.8) is 0 Å². The van der Waals surface area contributed by atoms with Crippen LogP contribution in [-0.4, -0.2) is 31.5 Å². The number of nitrogens with one attached hydrogen (secondary N) is 1. The molecule has 1 atom stereocenters. The summed E-state index contributed by atoms with van der Waals surface area (Å²) in [4.78, 5) is 44.2. The number of aromatic nitrogens is 4. The molecule has 29 heavy (non-hydrogen) atoms. The molecule has 2 amide bonds. The van der Waals surface area contributed by atoms with Gasteiger partial charge in [-0.05, 0) is 24.1 Å². The van der Waals surface area contributed by atoms with Gasteiger partial charge >= 0.3 is 5.76 Å². The summed E-state index contributed by atoms with van der Waals surface area (Å²) in [7, 11) is 0. The van der Waals surface area contributed by atoms with Crippen molar-refractivity contribution in [1.82, 2.24) is 25.0 Å². The van der Waals surface area contributed by atoms with Crippen molar-refractivity contribution in [3.05, 3.63) is 52.7 Å². The average Bonchev–Trinajstić information content (AvgIpc) is 3.42. The molecule has 11 heteroatoms. The van der Waals surface area contributed by atoms with Gasteiger partial charge in [-0.2, -0.15) is 4.98 Å². The molecule has 5 rings (SSSR count). The highest BCUT2D eigenvalue weighted by molar-refractivity contribution is 6.00. The summed E-state index contributed by atoms with van der Waals surface area (Å²) >= 11 is 0. The third kappa shape index (κ3) is 3.02. The molecule has 146 valence electrons. The zero-order valence-electron chi connectivity index (χ0n) is 14.8. The highest BCUT2D eigenvalue weighted by Gasteiger charge is 2.31. The molecule has 11 nitrogen and oxygen atoms in total. The zero-order valence-corrected chi connectivity index (χ0v) is 14.8. The number of fused-ring (bicyclic) bond motifs is 1. The van der Waals surface area contributed by atoms with E-state index in [0.717, 1.165) is 5.56 Å². The Morgan fingerprint density at radius 1 is 1.24 bits per heavy atom. The van der Waals surface area contributed by atoms with Gasteiger partial charge in [0.25, 0.3) is 11.7 Å². The number of imide groups is 1. The quantitative estimate of drug-likeness (QED) is 0.503. The van der Waals surface area contributed by atoms with Crippen LogP contribution in [0, 0.1) is 0 Å². The second-order valence-electron chi connectivity index (χ2n) is 6.53. The summed E-state index contributed by atoms with van der Waals surface area (Å²) in [5.41, 5.74) is 1.56. The lowest BCUT2D eigenvalue weighted by Gasteiger charge is -2.21. The van der Waals surface area contributed by atoms with Crippen LogP contribution in [0.1, 0.15) is 30.3 Å². The molecular formula is C18H13N5O6. The Bertz CT molecular complexity index is 1280. The number of carbonyl (C=O) groups excluding carboxylic acids is 2. The number of benzene rings is 1. The first-order chi connectivity index (χ1) is 14.1. The molecule has 3 aromatic heterocycles. The average molecular weight is 395 g/mol. The largest absolute Gasteiger partial charge is 0.442 e. The zero-order chi connectivity index (χ0) is 20.0. The summed E-state index contributed by atoms with van der Waals surface area (Å²) in [6.07, 6.45) is 3.56. The molecule has 0 saturated carbocycles. The lowest BCUT2D eigenvalue weighted by molar-refractivity contribution is -0.135. The molecule has 0 radical (unpaired) electrons. The number of piperidine rings is 1. The monoisotopic (exact) mass is 395 g/mol. The molecule has 4 heterocycles. The number of rotatable bonds is 4. The van der Waals surface area contributed by atoms with Gasteiger partial charge in [0.2, 0.25) is 17.7 Å². The Hall–Kier alpha value is -4.02. The number of hydrogen-bond acceptors (Lipinski definition) is 9. The van der Waals surface area contributed by atoms with Crippen molar-refractivity contribution in [2.45, 2.75) is 25.3 Å². The van der Waals surface area contributed by atoms with Gasteiger partial charge in [-0.3, -0.25) is 19.5 Å². The van der Waals surface area contributed by atoms with Crippen LogP contribution in [0.25, 0.3) is 22.8 Å². The summed E-state index contributed by atoms with van der Waals surface area (Å²) < 4.78 is 16.9. The molecule has 0 bridgehead atoms. The third-order valence-electron chi connectivity index (χ3n) is 4.65. The maximum atomic E-state index is 12.3. The predicted octanol–water partition coefficient (Wildman–Crippen LogP) is 1.20. The van der Waals surface area contributed by atoms with Crippen LogP contribution in [0.3, 0.4) is 0 Å². The van der Waals surface area contributed by atoms with Crippen molar-refractivity contribution in [2.24, 2.45) is 0 Å². The number of carbonyl (C=O) groups is 2. The van der Waals surface area contributed by atoms with E-state index in [0.29, 0.717) is 23.4 Å². The third-order valence-corrected chi connectivity index (χ3v) is 4.65. The van der Waals surface area contributed by atoms with Gasteiger partial charge in [-0.1, -0.05) is 11.2 Å². The van der Waals surface area contributed by atoms with E-state index in [4.69, 9.17) is 13.4 Å². The van der Waals surface area contributed by atoms with Crippen molar-refractivity contribution < 1.29 is 22.9 Å². The standard InChI is InChI=1S/C18H13N5O6/c24-13-4-2-10(16(25)20-13)23-11-7-9(1-3-12(11)28-18(23)26)8-14-21-15(22-29-14)17-19-5-6-27-17/h1,3,5-7,10H,2,4,8H2,(H,20,24,25). The SMILES string of the molecule is O=C1CCC(n2c(=O)oc3ccc(Cc4nc(-c5ncco5)no4)cc32)C(=O)N1. The summed E-state index contributed by atoms with van der Waals surface area (Å²) in [5.74, 6) is -0.728. The maximum absolute atomic E-state index is 12.3. The van der Waals surface area contributed by atoms with Gasteiger partial charge in [0.15, 0.2) is 5.58 Å². The lowest BCUT2D eigenvalue weighted by atomic mass is 10.1. The van der Waals surface area contributed by atoms with E-state index in [-0.39, 0.29) is 30.5 Å². The Kier molecular flexibility index (Phi) is 3.86. The fourth-order valence-electron chi connectivity index (χ4n) is 3.33. The van der Waals surface area contributed by atoms with E-state index in [1.807, 2.05) is 0 Å². The van der Waals surface area contributed by atoms with Crippen LogP contribution in [0.15, 0.2) is 48.8 Å². The van der Waals surface area contributed by atoms with Crippen LogP contribution < -0.4 is 11.1 Å². The normalized spacial score (nSPS) is 17.0. The molecule has 1 aliphatic heterocycles. The van der Waals surface area contributed by atoms with E-state index in [1.54, 1.807) is 18.2 Å². The van der Waals surface area contributed by atoms with Gasteiger partial charge < -0.3 is 13.4 Å². The predicted molar refractivity (Wildman–Crippen MR) is 94.5 cm³/mol. The van der Waals surface area contributed by atoms with Crippen LogP contribution >= 0.6 is 0 Å². The van der Waals surface area contributed by atoms with Crippen LogP contribution in [0.2, 0.25) is 0 Å². The molecule has 1 aliphatic rings. The first-order valence-corrected chi connectivity index (χ1v) is 8.78. The number of nitrogens with zero attached hydrogens (tertiary/aromatic N) is 4. The van der Waals surface area contributed by atoms with Crippen molar-refractivity contribution >= 4 is 22.9 Å². The van der Waals surface area contributed by atoms with E-state index in [9.17, 15) is 14.4 Å². The van der Waals surface area contributed by atoms with E-state index < -0.39 is 17.7 Å². The van der Waals surface area contributed by atoms with Gasteiger partial charge in [0.05, 0.1) is 18.1 Å². The molecule has 1 unspecified atom stereocenters. The topological polar surface area (TPSA) is 146 Å². The second-order valence-corrected chi connectivity index (χ2v) is 6.53. The van der Waals surface area contributed by atoms with Gasteiger partial charge in [-0.25, -0.2) is 9.78 Å². The fraction of sp³-hybridized carbons (Fsp3) is 0.222. The van der Waals surface area contributed by atoms with E-state index in [2.05, 4.69) is 20.4 Å². The van der Waals surface area contributed by atoms with Crippen molar-refractivity contribution in [3.8, 4) is 11.7 Å².